The van der Waals surface area contributed by atoms with Gasteiger partial charge in [-0.15, -0.1) is 0 Å². The number of aromatic nitrogens is 3. The lowest BCUT2D eigenvalue weighted by Crippen LogP contribution is -2.55. The van der Waals surface area contributed by atoms with E-state index in [2.05, 4.69) is 9.97 Å². The van der Waals surface area contributed by atoms with Gasteiger partial charge < -0.3 is 28.9 Å². The fourth-order valence-corrected chi connectivity index (χ4v) is 6.99. The third-order valence-electron chi connectivity index (χ3n) is 9.14. The van der Waals surface area contributed by atoms with Gasteiger partial charge in [0, 0.05) is 47.7 Å². The van der Waals surface area contributed by atoms with Gasteiger partial charge in [-0.2, -0.15) is 14.4 Å². The molecule has 1 aliphatic heterocycles. The van der Waals surface area contributed by atoms with Crippen molar-refractivity contribution < 1.29 is 32.2 Å². The molecule has 14 heteroatoms. The number of amides is 1. The van der Waals surface area contributed by atoms with E-state index in [9.17, 15) is 4.79 Å². The Morgan fingerprint density at radius 1 is 0.907 bits per heavy atom. The average Bonchev–Trinajstić information content (AvgIpc) is 3.13. The highest BCUT2D eigenvalue weighted by Crippen LogP contribution is 2.38. The van der Waals surface area contributed by atoms with Gasteiger partial charge in [-0.1, -0.05) is 24.3 Å². The highest BCUT2D eigenvalue weighted by atomic mass is 127. The van der Waals surface area contributed by atoms with Gasteiger partial charge >= 0.3 is 12.2 Å². The molecular formula is C40H42F3IN6O4. The van der Waals surface area contributed by atoms with Crippen molar-refractivity contribution in [1.82, 2.24) is 19.9 Å². The summed E-state index contributed by atoms with van der Waals surface area (Å²) >= 11 is 2.03. The number of piperazine rings is 1. The van der Waals surface area contributed by atoms with Gasteiger partial charge in [0.2, 0.25) is 0 Å². The Kier molecular flexibility index (Phi) is 11.4. The van der Waals surface area contributed by atoms with Crippen molar-refractivity contribution in [2.45, 2.75) is 59.4 Å². The van der Waals surface area contributed by atoms with Crippen molar-refractivity contribution in [3.63, 3.8) is 0 Å². The van der Waals surface area contributed by atoms with E-state index in [-0.39, 0.29) is 48.1 Å². The summed E-state index contributed by atoms with van der Waals surface area (Å²) in [6, 6.07) is 17.9. The van der Waals surface area contributed by atoms with Gasteiger partial charge in [-0.25, -0.2) is 18.6 Å². The first-order valence-corrected chi connectivity index (χ1v) is 18.5. The molecule has 2 aromatic heterocycles. The number of carbonyl (C=O) groups excluding carboxylic acids is 1. The molecule has 1 fully saturated rings. The number of aryl methyl sites for hydroxylation is 1. The molecule has 0 saturated carbocycles. The van der Waals surface area contributed by atoms with Crippen LogP contribution in [-0.4, -0.2) is 71.4 Å². The van der Waals surface area contributed by atoms with Crippen LogP contribution in [0.15, 0.2) is 60.7 Å². The number of benzene rings is 3. The molecule has 0 aliphatic carbocycles. The number of pyridine rings is 1. The molecule has 54 heavy (non-hydrogen) atoms. The number of halogens is 4. The minimum Gasteiger partial charge on any atom is -0.497 e. The fourth-order valence-electron chi connectivity index (χ4n) is 6.44. The summed E-state index contributed by atoms with van der Waals surface area (Å²) in [7, 11) is 3.21. The molecule has 0 radical (unpaired) electrons. The van der Waals surface area contributed by atoms with Crippen LogP contribution >= 0.6 is 22.6 Å². The number of hydrogen-bond acceptors (Lipinski definition) is 9. The molecule has 10 nitrogen and oxygen atoms in total. The van der Waals surface area contributed by atoms with Crippen LogP contribution in [0.3, 0.4) is 0 Å². The Hall–Kier alpha value is -4.86. The summed E-state index contributed by atoms with van der Waals surface area (Å²) in [6.45, 7) is 10.6. The third kappa shape index (κ3) is 8.43. The van der Waals surface area contributed by atoms with E-state index in [4.69, 9.17) is 19.2 Å². The average molecular weight is 855 g/mol. The van der Waals surface area contributed by atoms with Gasteiger partial charge in [-0.05, 0) is 110 Å². The molecule has 6 rings (SSSR count). The van der Waals surface area contributed by atoms with Crippen LogP contribution in [0.25, 0.3) is 22.2 Å². The molecule has 1 atom stereocenters. The van der Waals surface area contributed by atoms with Crippen molar-refractivity contribution in [1.29, 1.82) is 0 Å². The molecule has 1 aliphatic rings. The van der Waals surface area contributed by atoms with Gasteiger partial charge in [0.05, 0.1) is 25.5 Å². The highest BCUT2D eigenvalue weighted by molar-refractivity contribution is 14.1. The minimum absolute atomic E-state index is 0.0104. The number of fused-ring (bicyclic) bond motifs is 1. The van der Waals surface area contributed by atoms with Crippen molar-refractivity contribution in [3.8, 4) is 22.8 Å². The first kappa shape index (κ1) is 38.9. The standard InChI is InChI=1S/C40H42F3IN6O4/c1-23-18-31(49(21-25-8-12-27(52-6)13-9-25)22-26-10-14-28(53-7)15-11-26)45-36(34(23)44)32-30(41)19-29-35(33(32)42)46-38(43)47-37(29)50-17-16-48(20-24(50)2)39(51)54-40(3,4)5/h8-15,18-19,24H,16-17,20-22H2,1-7H3/t24-/m0/s1. The maximum Gasteiger partial charge on any atom is 0.410 e. The maximum absolute atomic E-state index is 16.8. The smallest absolute Gasteiger partial charge is 0.410 e. The highest BCUT2D eigenvalue weighted by Gasteiger charge is 2.33. The lowest BCUT2D eigenvalue weighted by molar-refractivity contribution is 0.0218. The number of hydrogen-bond donors (Lipinski definition) is 0. The molecule has 0 N–H and O–H groups in total. The molecule has 3 heterocycles. The first-order chi connectivity index (χ1) is 25.6. The van der Waals surface area contributed by atoms with E-state index in [1.165, 1.54) is 0 Å². The van der Waals surface area contributed by atoms with E-state index in [1.54, 1.807) is 44.8 Å². The molecule has 0 spiro atoms. The largest absolute Gasteiger partial charge is 0.497 e. The predicted molar refractivity (Wildman–Crippen MR) is 211 cm³/mol. The van der Waals surface area contributed by atoms with E-state index < -0.39 is 35.0 Å². The molecule has 1 saturated heterocycles. The Labute approximate surface area is 326 Å². The van der Waals surface area contributed by atoms with Gasteiger partial charge in [0.15, 0.2) is 5.82 Å². The Bertz CT molecular complexity index is 2120. The first-order valence-electron chi connectivity index (χ1n) is 17.4. The van der Waals surface area contributed by atoms with E-state index >= 15 is 13.2 Å². The molecule has 0 bridgehead atoms. The molecule has 0 unspecified atom stereocenters. The van der Waals surface area contributed by atoms with Crippen LogP contribution in [0.4, 0.5) is 29.6 Å². The molecule has 284 valence electrons. The monoisotopic (exact) mass is 854 g/mol. The zero-order chi connectivity index (χ0) is 38.9. The Morgan fingerprint density at radius 3 is 2.04 bits per heavy atom. The molecule has 5 aromatic rings. The summed E-state index contributed by atoms with van der Waals surface area (Å²) in [5, 5.41) is 0.0104. The number of rotatable bonds is 9. The number of carbonyl (C=O) groups is 1. The van der Waals surface area contributed by atoms with Crippen molar-refractivity contribution in [2.24, 2.45) is 0 Å². The lowest BCUT2D eigenvalue weighted by atomic mass is 10.0. The molecule has 1 amide bonds. The normalized spacial score (nSPS) is 14.7. The predicted octanol–water partition coefficient (Wildman–Crippen LogP) is 8.69. The van der Waals surface area contributed by atoms with Crippen LogP contribution in [-0.2, 0) is 17.8 Å². The number of methoxy groups -OCH3 is 2. The van der Waals surface area contributed by atoms with Crippen LogP contribution in [0.1, 0.15) is 44.4 Å². The summed E-state index contributed by atoms with van der Waals surface area (Å²) in [5.74, 6) is 0.0145. The second-order valence-corrected chi connectivity index (χ2v) is 15.3. The zero-order valence-corrected chi connectivity index (χ0v) is 33.4. The second kappa shape index (κ2) is 15.9. The number of ether oxygens (including phenoxy) is 3. The minimum atomic E-state index is -1.16. The van der Waals surface area contributed by atoms with E-state index in [0.29, 0.717) is 34.0 Å². The second-order valence-electron chi connectivity index (χ2n) is 14.2. The maximum atomic E-state index is 16.8. The van der Waals surface area contributed by atoms with E-state index in [1.807, 2.05) is 95.9 Å². The van der Waals surface area contributed by atoms with Crippen molar-refractivity contribution in [2.75, 3.05) is 43.7 Å². The Balaban J connectivity index is 1.40. The quantitative estimate of drug-likeness (QED) is 0.107. The van der Waals surface area contributed by atoms with Gasteiger partial charge in [-0.3, -0.25) is 0 Å². The van der Waals surface area contributed by atoms with Crippen LogP contribution < -0.4 is 19.3 Å². The summed E-state index contributed by atoms with van der Waals surface area (Å²) in [6.07, 6.45) is -1.63. The molecular weight excluding hydrogens is 812 g/mol. The number of anilines is 2. The zero-order valence-electron chi connectivity index (χ0n) is 31.2. The van der Waals surface area contributed by atoms with Crippen LogP contribution in [0, 0.1) is 28.2 Å². The SMILES string of the molecule is COc1ccc(CN(Cc2ccc(OC)cc2)c2cc(C)c(I)c(-c3c(F)cc4c(N5CCN(C(=O)OC(C)(C)C)C[C@@H]5C)nc(F)nc4c3F)n2)cc1. The van der Waals surface area contributed by atoms with Crippen LogP contribution in [0.5, 0.6) is 11.5 Å². The van der Waals surface area contributed by atoms with Gasteiger partial charge in [0.25, 0.3) is 0 Å². The van der Waals surface area contributed by atoms with Gasteiger partial charge in [0.1, 0.15) is 40.1 Å². The van der Waals surface area contributed by atoms with Crippen molar-refractivity contribution >= 4 is 51.2 Å². The Morgan fingerprint density at radius 2 is 1.50 bits per heavy atom. The summed E-state index contributed by atoms with van der Waals surface area (Å²) < 4.78 is 65.2. The molecule has 3 aromatic carbocycles. The number of nitrogens with zero attached hydrogens (tertiary/aromatic N) is 6. The van der Waals surface area contributed by atoms with Crippen molar-refractivity contribution in [3.05, 3.63) is 98.6 Å². The van der Waals surface area contributed by atoms with E-state index in [0.717, 1.165) is 22.8 Å². The van der Waals surface area contributed by atoms with Crippen LogP contribution in [0.2, 0.25) is 0 Å². The topological polar surface area (TPSA) is 93.2 Å². The third-order valence-corrected chi connectivity index (χ3v) is 10.5. The lowest BCUT2D eigenvalue weighted by Gasteiger charge is -2.41. The summed E-state index contributed by atoms with van der Waals surface area (Å²) in [5.41, 5.74) is 1.28. The fraction of sp³-hybridized carbons (Fsp3) is 0.350. The summed E-state index contributed by atoms with van der Waals surface area (Å²) in [4.78, 5) is 30.8.